The van der Waals surface area contributed by atoms with Gasteiger partial charge in [-0.25, -0.2) is 0 Å². The lowest BCUT2D eigenvalue weighted by molar-refractivity contribution is -0.438. The molecule has 2 aliphatic rings. The summed E-state index contributed by atoms with van der Waals surface area (Å²) in [5, 5.41) is 9.58. The standard InChI is InChI=1S/C41H50N2O6S/c1-29(2)37(45)16-8-7-11-25-42-36-24-23-32(50(46,47)48)28-34(36)41(5,6)39(42)18-12-17-38-40(3,4)33-14-9-10-15-35(33)43(38)26-13-27-49-31-21-19-30(44)20-22-31/h9-10,12,14-15,17-24,28-29H,7-8,11,13,16,25-27H2,1-6H3,(H-,44,46,47,48)/p+1. The summed E-state index contributed by atoms with van der Waals surface area (Å²) in [4.78, 5) is 14.3. The average molecular weight is 700 g/mol. The molecule has 9 heteroatoms. The molecule has 0 radical (unpaired) electrons. The number of hydrogen-bond acceptors (Lipinski definition) is 6. The van der Waals surface area contributed by atoms with Gasteiger partial charge in [-0.3, -0.25) is 9.35 Å². The van der Waals surface area contributed by atoms with E-state index in [1.807, 2.05) is 13.8 Å². The van der Waals surface area contributed by atoms with Crippen molar-refractivity contribution in [2.45, 2.75) is 89.4 Å². The number of anilines is 1. The van der Waals surface area contributed by atoms with Gasteiger partial charge in [-0.05, 0) is 80.8 Å². The van der Waals surface area contributed by atoms with Crippen molar-refractivity contribution < 1.29 is 32.2 Å². The molecule has 0 atom stereocenters. The Hall–Kier alpha value is -4.21. The summed E-state index contributed by atoms with van der Waals surface area (Å²) in [6.07, 6.45) is 10.4. The van der Waals surface area contributed by atoms with E-state index >= 15 is 0 Å². The van der Waals surface area contributed by atoms with Crippen molar-refractivity contribution in [2.75, 3.05) is 24.6 Å². The lowest BCUT2D eigenvalue weighted by Gasteiger charge is -2.27. The monoisotopic (exact) mass is 699 g/mol. The highest BCUT2D eigenvalue weighted by molar-refractivity contribution is 7.85. The second-order valence-electron chi connectivity index (χ2n) is 14.6. The number of carbonyl (C=O) groups excluding carboxylic acids is 1. The fourth-order valence-corrected chi connectivity index (χ4v) is 7.66. The zero-order valence-corrected chi connectivity index (χ0v) is 31.0. The molecule has 5 rings (SSSR count). The molecular weight excluding hydrogens is 649 g/mol. The van der Waals surface area contributed by atoms with E-state index in [1.165, 1.54) is 23.0 Å². The number of fused-ring (bicyclic) bond motifs is 2. The first-order chi connectivity index (χ1) is 23.6. The minimum absolute atomic E-state index is 0.0462. The van der Waals surface area contributed by atoms with Crippen LogP contribution in [0.5, 0.6) is 11.5 Å². The maximum atomic E-state index is 12.2. The molecule has 0 saturated carbocycles. The van der Waals surface area contributed by atoms with Crippen molar-refractivity contribution in [3.8, 4) is 11.5 Å². The normalized spacial score (nSPS) is 17.2. The predicted molar refractivity (Wildman–Crippen MR) is 200 cm³/mol. The Kier molecular flexibility index (Phi) is 11.1. The summed E-state index contributed by atoms with van der Waals surface area (Å²) < 4.78 is 42.4. The third kappa shape index (κ3) is 7.89. The number of benzene rings is 3. The van der Waals surface area contributed by atoms with Gasteiger partial charge in [-0.2, -0.15) is 13.0 Å². The van der Waals surface area contributed by atoms with E-state index in [4.69, 9.17) is 4.74 Å². The molecule has 0 saturated heterocycles. The lowest BCUT2D eigenvalue weighted by atomic mass is 9.81. The number of phenols is 1. The fraction of sp³-hybridized carbons (Fsp3) is 0.415. The zero-order valence-electron chi connectivity index (χ0n) is 30.1. The minimum Gasteiger partial charge on any atom is -0.508 e. The average Bonchev–Trinajstić information content (AvgIpc) is 3.41. The Bertz CT molecular complexity index is 1920. The van der Waals surface area contributed by atoms with Crippen molar-refractivity contribution in [2.24, 2.45) is 5.92 Å². The van der Waals surface area contributed by atoms with Crippen molar-refractivity contribution in [3.05, 3.63) is 102 Å². The summed E-state index contributed by atoms with van der Waals surface area (Å²) in [5.74, 6) is 1.26. The number of para-hydroxylation sites is 1. The largest absolute Gasteiger partial charge is 0.508 e. The summed E-state index contributed by atoms with van der Waals surface area (Å²) >= 11 is 0. The Morgan fingerprint density at radius 2 is 1.64 bits per heavy atom. The van der Waals surface area contributed by atoms with Gasteiger partial charge in [0.05, 0.1) is 16.9 Å². The number of Topliss-reactive ketones (excluding diaryl/α,β-unsaturated/α-hetero) is 1. The van der Waals surface area contributed by atoms with Crippen LogP contribution in [0.15, 0.2) is 95.6 Å². The van der Waals surface area contributed by atoms with Gasteiger partial charge in [0.2, 0.25) is 5.69 Å². The highest BCUT2D eigenvalue weighted by Crippen LogP contribution is 2.49. The van der Waals surface area contributed by atoms with Gasteiger partial charge in [-0.1, -0.05) is 58.4 Å². The van der Waals surface area contributed by atoms with Crippen LogP contribution in [-0.2, 0) is 25.7 Å². The second kappa shape index (κ2) is 15.0. The number of hydrogen-bond donors (Lipinski definition) is 2. The molecular formula is C41H51N2O6S+. The Morgan fingerprint density at radius 1 is 0.920 bits per heavy atom. The predicted octanol–water partition coefficient (Wildman–Crippen LogP) is 8.51. The van der Waals surface area contributed by atoms with Crippen LogP contribution >= 0.6 is 0 Å². The second-order valence-corrected chi connectivity index (χ2v) is 16.1. The first-order valence-electron chi connectivity index (χ1n) is 17.6. The molecule has 0 spiro atoms. The van der Waals surface area contributed by atoms with Crippen LogP contribution in [0.2, 0.25) is 0 Å². The van der Waals surface area contributed by atoms with E-state index in [0.717, 1.165) is 61.5 Å². The van der Waals surface area contributed by atoms with E-state index in [0.29, 0.717) is 13.0 Å². The summed E-state index contributed by atoms with van der Waals surface area (Å²) in [6, 6.07) is 20.1. The SMILES string of the molecule is CC(C)C(=O)CCCCCN1/C(=C/C=C/C2=[N+](CCCOc3ccc(O)cc3)c3ccccc3C2(C)C)C(C)(C)c2cc(S(=O)(=O)O)ccc21. The maximum absolute atomic E-state index is 12.2. The van der Waals surface area contributed by atoms with Crippen LogP contribution in [0.1, 0.15) is 84.8 Å². The molecule has 0 aromatic heterocycles. The van der Waals surface area contributed by atoms with Crippen LogP contribution in [0.3, 0.4) is 0 Å². The van der Waals surface area contributed by atoms with Crippen LogP contribution in [-0.4, -0.2) is 53.8 Å². The van der Waals surface area contributed by atoms with Crippen molar-refractivity contribution in [3.63, 3.8) is 0 Å². The number of carbonyl (C=O) groups is 1. The smallest absolute Gasteiger partial charge is 0.294 e. The number of rotatable bonds is 15. The molecule has 2 heterocycles. The quantitative estimate of drug-likeness (QED) is 0.0931. The lowest BCUT2D eigenvalue weighted by Crippen LogP contribution is -2.28. The number of aromatic hydroxyl groups is 1. The Morgan fingerprint density at radius 3 is 2.34 bits per heavy atom. The zero-order chi connectivity index (χ0) is 36.3. The van der Waals surface area contributed by atoms with E-state index in [-0.39, 0.29) is 27.8 Å². The Labute approximate surface area is 297 Å². The molecule has 3 aromatic carbocycles. The van der Waals surface area contributed by atoms with Gasteiger partial charge in [0, 0.05) is 59.8 Å². The first kappa shape index (κ1) is 37.1. The molecule has 0 fully saturated rings. The molecule has 0 aliphatic carbocycles. The minimum atomic E-state index is -4.36. The van der Waals surface area contributed by atoms with Gasteiger partial charge >= 0.3 is 0 Å². The van der Waals surface area contributed by atoms with Crippen LogP contribution in [0.4, 0.5) is 11.4 Å². The summed E-state index contributed by atoms with van der Waals surface area (Å²) in [6.45, 7) is 14.5. The van der Waals surface area contributed by atoms with Crippen molar-refractivity contribution in [1.29, 1.82) is 0 Å². The molecule has 2 aliphatic heterocycles. The molecule has 50 heavy (non-hydrogen) atoms. The maximum Gasteiger partial charge on any atom is 0.294 e. The van der Waals surface area contributed by atoms with Crippen LogP contribution < -0.4 is 9.64 Å². The topological polar surface area (TPSA) is 107 Å². The van der Waals surface area contributed by atoms with Gasteiger partial charge < -0.3 is 14.7 Å². The molecule has 266 valence electrons. The van der Waals surface area contributed by atoms with Gasteiger partial charge in [0.25, 0.3) is 10.1 Å². The molecule has 0 unspecified atom stereocenters. The number of ether oxygens (including phenoxy) is 1. The molecule has 0 bridgehead atoms. The molecule has 0 amide bonds. The highest BCUT2D eigenvalue weighted by Gasteiger charge is 2.44. The Balaban J connectivity index is 1.43. The summed E-state index contributed by atoms with van der Waals surface area (Å²) in [5.41, 5.74) is 5.65. The van der Waals surface area contributed by atoms with E-state index < -0.39 is 15.5 Å². The van der Waals surface area contributed by atoms with Crippen molar-refractivity contribution in [1.82, 2.24) is 0 Å². The number of nitrogens with zero attached hydrogens (tertiary/aromatic N) is 2. The number of ketones is 1. The van der Waals surface area contributed by atoms with Crippen LogP contribution in [0.25, 0.3) is 0 Å². The van der Waals surface area contributed by atoms with Crippen LogP contribution in [0, 0.1) is 5.92 Å². The fourth-order valence-electron chi connectivity index (χ4n) is 7.16. The van der Waals surface area contributed by atoms with Gasteiger partial charge in [0.1, 0.15) is 17.3 Å². The molecule has 3 aromatic rings. The first-order valence-corrected chi connectivity index (χ1v) is 19.0. The van der Waals surface area contributed by atoms with Gasteiger partial charge in [0.15, 0.2) is 12.3 Å². The van der Waals surface area contributed by atoms with Crippen molar-refractivity contribution >= 4 is 33.0 Å². The summed E-state index contributed by atoms with van der Waals surface area (Å²) in [7, 11) is -4.36. The highest BCUT2D eigenvalue weighted by atomic mass is 32.2. The number of phenolic OH excluding ortho intramolecular Hbond substituents is 1. The van der Waals surface area contributed by atoms with E-state index in [1.54, 1.807) is 36.4 Å². The van der Waals surface area contributed by atoms with E-state index in [2.05, 4.69) is 79.7 Å². The third-order valence-corrected chi connectivity index (χ3v) is 10.9. The number of allylic oxidation sites excluding steroid dienone is 4. The molecule has 2 N–H and O–H groups in total. The van der Waals surface area contributed by atoms with E-state index in [9.17, 15) is 22.9 Å². The van der Waals surface area contributed by atoms with Gasteiger partial charge in [-0.15, -0.1) is 0 Å². The molecule has 8 nitrogen and oxygen atoms in total. The third-order valence-electron chi connectivity index (χ3n) is 10.0. The number of unbranched alkanes of at least 4 members (excludes halogenated alkanes) is 2.